The van der Waals surface area contributed by atoms with Gasteiger partial charge < -0.3 is 24.6 Å². The number of hydrogen-bond donors (Lipinski definition) is 1. The smallest absolute Gasteiger partial charge is 0.337 e. The van der Waals surface area contributed by atoms with Crippen molar-refractivity contribution in [2.24, 2.45) is 0 Å². The summed E-state index contributed by atoms with van der Waals surface area (Å²) < 4.78 is 10.8. The van der Waals surface area contributed by atoms with E-state index in [1.165, 1.54) is 7.11 Å². The number of esters is 1. The first kappa shape index (κ1) is 27.5. The normalized spacial score (nSPS) is 12.9. The Bertz CT molecular complexity index is 1520. The van der Waals surface area contributed by atoms with Gasteiger partial charge in [0.2, 0.25) is 0 Å². The molecule has 0 spiro atoms. The zero-order valence-corrected chi connectivity index (χ0v) is 22.8. The molecule has 0 aliphatic carbocycles. The third-order valence-electron chi connectivity index (χ3n) is 6.94. The summed E-state index contributed by atoms with van der Waals surface area (Å²) in [4.78, 5) is 42.5. The standard InChI is InChI=1S/C33H31N3O5/c1-40-33(39)27-15-16-30(35-17-19-36(20-18-35)32(38)25-11-6-3-7-12-25)29(22-27)34-31(37)26-13-8-14-28(21-26)41-23-24-9-4-2-5-10-24/h2-16,21-22H,17-20,23H2,1H3,(H,34,37). The predicted molar refractivity (Wildman–Crippen MR) is 158 cm³/mol. The molecule has 0 radical (unpaired) electrons. The molecular formula is C33H31N3O5. The minimum Gasteiger partial charge on any atom is -0.489 e. The zero-order chi connectivity index (χ0) is 28.6. The van der Waals surface area contributed by atoms with E-state index < -0.39 is 5.97 Å². The van der Waals surface area contributed by atoms with Crippen LogP contribution in [-0.4, -0.2) is 56.0 Å². The lowest BCUT2D eigenvalue weighted by atomic mass is 10.1. The van der Waals surface area contributed by atoms with Gasteiger partial charge in [0.15, 0.2) is 0 Å². The van der Waals surface area contributed by atoms with Gasteiger partial charge in [-0.2, -0.15) is 0 Å². The number of hydrogen-bond acceptors (Lipinski definition) is 6. The monoisotopic (exact) mass is 549 g/mol. The van der Waals surface area contributed by atoms with Crippen LogP contribution < -0.4 is 15.0 Å². The highest BCUT2D eigenvalue weighted by atomic mass is 16.5. The molecule has 1 heterocycles. The lowest BCUT2D eigenvalue weighted by Gasteiger charge is -2.37. The summed E-state index contributed by atoms with van der Waals surface area (Å²) in [6, 6.07) is 31.1. The van der Waals surface area contributed by atoms with Crippen molar-refractivity contribution in [2.75, 3.05) is 43.5 Å². The molecule has 0 bridgehead atoms. The van der Waals surface area contributed by atoms with Crippen molar-refractivity contribution >= 4 is 29.2 Å². The maximum Gasteiger partial charge on any atom is 0.337 e. The molecule has 1 aliphatic heterocycles. The number of rotatable bonds is 8. The Morgan fingerprint density at radius 3 is 2.12 bits per heavy atom. The average Bonchev–Trinajstić information content (AvgIpc) is 3.04. The van der Waals surface area contributed by atoms with Crippen molar-refractivity contribution in [3.8, 4) is 5.75 Å². The molecule has 1 aliphatic rings. The van der Waals surface area contributed by atoms with E-state index in [1.54, 1.807) is 42.5 Å². The van der Waals surface area contributed by atoms with E-state index in [4.69, 9.17) is 9.47 Å². The first-order valence-corrected chi connectivity index (χ1v) is 13.4. The SMILES string of the molecule is COC(=O)c1ccc(N2CCN(C(=O)c3ccccc3)CC2)c(NC(=O)c2cccc(OCc3ccccc3)c2)c1. The molecule has 208 valence electrons. The van der Waals surface area contributed by atoms with E-state index in [2.05, 4.69) is 10.2 Å². The minimum absolute atomic E-state index is 0.00539. The van der Waals surface area contributed by atoms with Gasteiger partial charge >= 0.3 is 5.97 Å². The molecule has 0 saturated carbocycles. The molecule has 1 fully saturated rings. The van der Waals surface area contributed by atoms with Gasteiger partial charge in [-0.1, -0.05) is 54.6 Å². The van der Waals surface area contributed by atoms with Gasteiger partial charge in [-0.15, -0.1) is 0 Å². The Morgan fingerprint density at radius 2 is 1.41 bits per heavy atom. The van der Waals surface area contributed by atoms with Crippen LogP contribution in [0.15, 0.2) is 103 Å². The number of anilines is 2. The molecule has 0 atom stereocenters. The van der Waals surface area contributed by atoms with Crippen molar-refractivity contribution in [1.29, 1.82) is 0 Å². The van der Waals surface area contributed by atoms with Crippen LogP contribution in [-0.2, 0) is 11.3 Å². The molecule has 8 heteroatoms. The average molecular weight is 550 g/mol. The zero-order valence-electron chi connectivity index (χ0n) is 22.8. The molecule has 1 N–H and O–H groups in total. The molecule has 1 saturated heterocycles. The Morgan fingerprint density at radius 1 is 0.732 bits per heavy atom. The highest BCUT2D eigenvalue weighted by Gasteiger charge is 2.25. The van der Waals surface area contributed by atoms with Gasteiger partial charge in [0.05, 0.1) is 24.0 Å². The Kier molecular flexibility index (Phi) is 8.59. The van der Waals surface area contributed by atoms with Crippen molar-refractivity contribution < 1.29 is 23.9 Å². The lowest BCUT2D eigenvalue weighted by Crippen LogP contribution is -2.49. The number of nitrogens with one attached hydrogen (secondary N) is 1. The van der Waals surface area contributed by atoms with Crippen LogP contribution in [0.4, 0.5) is 11.4 Å². The molecule has 8 nitrogen and oxygen atoms in total. The van der Waals surface area contributed by atoms with Crippen LogP contribution in [0.1, 0.15) is 36.6 Å². The highest BCUT2D eigenvalue weighted by molar-refractivity contribution is 6.07. The van der Waals surface area contributed by atoms with E-state index in [1.807, 2.05) is 65.6 Å². The van der Waals surface area contributed by atoms with Crippen molar-refractivity contribution in [1.82, 2.24) is 4.90 Å². The summed E-state index contributed by atoms with van der Waals surface area (Å²) in [5.74, 6) is -0.267. The summed E-state index contributed by atoms with van der Waals surface area (Å²) >= 11 is 0. The van der Waals surface area contributed by atoms with Gasteiger partial charge in [-0.05, 0) is 54.1 Å². The van der Waals surface area contributed by atoms with Crippen LogP contribution in [0.2, 0.25) is 0 Å². The number of nitrogens with zero attached hydrogens (tertiary/aromatic N) is 2. The molecule has 4 aromatic rings. The molecule has 2 amide bonds. The van der Waals surface area contributed by atoms with Crippen molar-refractivity contribution in [3.63, 3.8) is 0 Å². The number of benzene rings is 4. The predicted octanol–water partition coefficient (Wildman–Crippen LogP) is 5.27. The second kappa shape index (κ2) is 12.8. The summed E-state index contributed by atoms with van der Waals surface area (Å²) in [7, 11) is 1.32. The second-order valence-corrected chi connectivity index (χ2v) is 9.63. The summed E-state index contributed by atoms with van der Waals surface area (Å²) in [6.07, 6.45) is 0. The van der Waals surface area contributed by atoms with Gasteiger partial charge in [0, 0.05) is 37.3 Å². The van der Waals surface area contributed by atoms with Crippen LogP contribution in [0.3, 0.4) is 0 Å². The fourth-order valence-electron chi connectivity index (χ4n) is 4.73. The first-order chi connectivity index (χ1) is 20.0. The summed E-state index contributed by atoms with van der Waals surface area (Å²) in [6.45, 7) is 2.58. The molecule has 0 aromatic heterocycles. The van der Waals surface area contributed by atoms with E-state index in [-0.39, 0.29) is 11.8 Å². The fourth-order valence-corrected chi connectivity index (χ4v) is 4.73. The number of methoxy groups -OCH3 is 1. The van der Waals surface area contributed by atoms with E-state index in [0.29, 0.717) is 60.9 Å². The Balaban J connectivity index is 1.31. The van der Waals surface area contributed by atoms with Gasteiger partial charge in [-0.25, -0.2) is 4.79 Å². The van der Waals surface area contributed by atoms with E-state index in [9.17, 15) is 14.4 Å². The number of amides is 2. The highest BCUT2D eigenvalue weighted by Crippen LogP contribution is 2.30. The van der Waals surface area contributed by atoms with Crippen molar-refractivity contribution in [2.45, 2.75) is 6.61 Å². The van der Waals surface area contributed by atoms with E-state index in [0.717, 1.165) is 11.3 Å². The third-order valence-corrected chi connectivity index (χ3v) is 6.94. The fraction of sp³-hybridized carbons (Fsp3) is 0.182. The van der Waals surface area contributed by atoms with Crippen LogP contribution in [0.25, 0.3) is 0 Å². The third kappa shape index (κ3) is 6.73. The maximum atomic E-state index is 13.4. The largest absolute Gasteiger partial charge is 0.489 e. The van der Waals surface area contributed by atoms with Gasteiger partial charge in [0.25, 0.3) is 11.8 Å². The lowest BCUT2D eigenvalue weighted by molar-refractivity contribution is 0.0600. The van der Waals surface area contributed by atoms with Crippen molar-refractivity contribution in [3.05, 3.63) is 125 Å². The summed E-state index contributed by atoms with van der Waals surface area (Å²) in [5, 5.41) is 2.98. The second-order valence-electron chi connectivity index (χ2n) is 9.63. The van der Waals surface area contributed by atoms with Crippen LogP contribution in [0.5, 0.6) is 5.75 Å². The molecule has 5 rings (SSSR count). The molecule has 4 aromatic carbocycles. The molecular weight excluding hydrogens is 518 g/mol. The Labute approximate surface area is 239 Å². The van der Waals surface area contributed by atoms with Gasteiger partial charge in [0.1, 0.15) is 12.4 Å². The van der Waals surface area contributed by atoms with Crippen LogP contribution >= 0.6 is 0 Å². The van der Waals surface area contributed by atoms with Gasteiger partial charge in [-0.3, -0.25) is 9.59 Å². The number of ether oxygens (including phenoxy) is 2. The van der Waals surface area contributed by atoms with Crippen LogP contribution in [0, 0.1) is 0 Å². The number of carbonyl (C=O) groups excluding carboxylic acids is 3. The van der Waals surface area contributed by atoms with E-state index >= 15 is 0 Å². The topological polar surface area (TPSA) is 88.2 Å². The number of piperazine rings is 1. The molecule has 0 unspecified atom stereocenters. The minimum atomic E-state index is -0.498. The summed E-state index contributed by atoms with van der Waals surface area (Å²) in [5.41, 5.74) is 3.67. The molecule has 41 heavy (non-hydrogen) atoms. The quantitative estimate of drug-likeness (QED) is 0.302. The number of carbonyl (C=O) groups is 3. The Hall–Kier alpha value is -5.11. The maximum absolute atomic E-state index is 13.4. The first-order valence-electron chi connectivity index (χ1n) is 13.4.